The molecule has 0 aliphatic carbocycles. The summed E-state index contributed by atoms with van der Waals surface area (Å²) in [6, 6.07) is 0.880. The van der Waals surface area contributed by atoms with Gasteiger partial charge in [-0.3, -0.25) is 9.69 Å². The second-order valence-electron chi connectivity index (χ2n) is 7.43. The summed E-state index contributed by atoms with van der Waals surface area (Å²) in [6.45, 7) is 12.8. The Bertz CT molecular complexity index is 345. The zero-order valence-electron chi connectivity index (χ0n) is 14.2. The molecule has 4 heteroatoms. The van der Waals surface area contributed by atoms with Crippen LogP contribution in [0.1, 0.15) is 47.0 Å². The van der Waals surface area contributed by atoms with Gasteiger partial charge in [-0.05, 0) is 57.0 Å². The molecule has 4 atom stereocenters. The van der Waals surface area contributed by atoms with E-state index < -0.39 is 0 Å². The van der Waals surface area contributed by atoms with Crippen LogP contribution in [-0.2, 0) is 4.79 Å². The molecular formula is C17H33N3O. The van der Waals surface area contributed by atoms with Gasteiger partial charge in [0.1, 0.15) is 0 Å². The number of fused-ring (bicyclic) bond motifs is 1. The molecule has 1 amide bonds. The average Bonchev–Trinajstić information content (AvgIpc) is 2.96. The lowest BCUT2D eigenvalue weighted by atomic mass is 9.93. The minimum Gasteiger partial charge on any atom is -0.353 e. The average molecular weight is 295 g/mol. The molecule has 2 N–H and O–H groups in total. The van der Waals surface area contributed by atoms with E-state index >= 15 is 0 Å². The van der Waals surface area contributed by atoms with Crippen molar-refractivity contribution in [1.82, 2.24) is 15.5 Å². The van der Waals surface area contributed by atoms with Crippen LogP contribution in [0, 0.1) is 17.8 Å². The second-order valence-corrected chi connectivity index (χ2v) is 7.43. The van der Waals surface area contributed by atoms with Crippen molar-refractivity contribution in [1.29, 1.82) is 0 Å². The van der Waals surface area contributed by atoms with E-state index in [4.69, 9.17) is 0 Å². The predicted octanol–water partition coefficient (Wildman–Crippen LogP) is 1.86. The summed E-state index contributed by atoms with van der Waals surface area (Å²) in [4.78, 5) is 14.7. The van der Waals surface area contributed by atoms with Crippen molar-refractivity contribution in [3.63, 3.8) is 0 Å². The molecule has 0 saturated carbocycles. The molecule has 2 fully saturated rings. The highest BCUT2D eigenvalue weighted by molar-refractivity contribution is 5.78. The fourth-order valence-corrected chi connectivity index (χ4v) is 4.01. The first-order chi connectivity index (χ1) is 10.0. The van der Waals surface area contributed by atoms with Gasteiger partial charge in [-0.15, -0.1) is 0 Å². The summed E-state index contributed by atoms with van der Waals surface area (Å²) < 4.78 is 0. The van der Waals surface area contributed by atoms with Gasteiger partial charge in [0.2, 0.25) is 5.91 Å². The van der Waals surface area contributed by atoms with E-state index in [1.165, 1.54) is 6.42 Å². The summed E-state index contributed by atoms with van der Waals surface area (Å²) in [5, 5.41) is 6.67. The number of carbonyl (C=O) groups excluding carboxylic acids is 1. The zero-order chi connectivity index (χ0) is 15.4. The third-order valence-electron chi connectivity index (χ3n) is 5.17. The Morgan fingerprint density at radius 2 is 2.05 bits per heavy atom. The molecule has 0 aromatic carbocycles. The minimum atomic E-state index is 0.206. The molecule has 0 aromatic heterocycles. The van der Waals surface area contributed by atoms with Crippen molar-refractivity contribution < 1.29 is 4.79 Å². The third kappa shape index (κ3) is 4.43. The van der Waals surface area contributed by atoms with Gasteiger partial charge in [-0.2, -0.15) is 0 Å². The molecule has 2 heterocycles. The highest BCUT2D eigenvalue weighted by Crippen LogP contribution is 2.33. The van der Waals surface area contributed by atoms with E-state index in [1.807, 2.05) is 0 Å². The lowest BCUT2D eigenvalue weighted by Gasteiger charge is -2.27. The van der Waals surface area contributed by atoms with Gasteiger partial charge in [0.05, 0.1) is 6.54 Å². The zero-order valence-corrected chi connectivity index (χ0v) is 14.2. The smallest absolute Gasteiger partial charge is 0.234 e. The van der Waals surface area contributed by atoms with E-state index in [2.05, 4.69) is 43.2 Å². The molecule has 2 aliphatic rings. The molecule has 4 nitrogen and oxygen atoms in total. The summed E-state index contributed by atoms with van der Waals surface area (Å²) in [6.07, 6.45) is 3.41. The van der Waals surface area contributed by atoms with Crippen LogP contribution in [0.3, 0.4) is 0 Å². The van der Waals surface area contributed by atoms with E-state index in [1.54, 1.807) is 0 Å². The standard InChI is InChI=1S/C17H33N3O/c1-5-16-15-9-18-8-14(15)10-20(16)11-17(21)19-13(4)7-6-12(2)3/h12-16,18H,5-11H2,1-4H3,(H,19,21). The van der Waals surface area contributed by atoms with Gasteiger partial charge in [-0.1, -0.05) is 20.8 Å². The lowest BCUT2D eigenvalue weighted by Crippen LogP contribution is -2.44. The summed E-state index contributed by atoms with van der Waals surface area (Å²) >= 11 is 0. The van der Waals surface area contributed by atoms with Crippen molar-refractivity contribution in [3.8, 4) is 0 Å². The summed E-state index contributed by atoms with van der Waals surface area (Å²) in [7, 11) is 0. The number of amides is 1. The Kier molecular flexibility index (Phi) is 6.06. The molecule has 122 valence electrons. The van der Waals surface area contributed by atoms with E-state index in [-0.39, 0.29) is 5.91 Å². The number of hydrogen-bond donors (Lipinski definition) is 2. The highest BCUT2D eigenvalue weighted by Gasteiger charge is 2.43. The summed E-state index contributed by atoms with van der Waals surface area (Å²) in [5.74, 6) is 2.42. The van der Waals surface area contributed by atoms with Crippen LogP contribution in [-0.4, -0.2) is 49.1 Å². The Balaban J connectivity index is 1.77. The van der Waals surface area contributed by atoms with Gasteiger partial charge >= 0.3 is 0 Å². The maximum Gasteiger partial charge on any atom is 0.234 e. The van der Waals surface area contributed by atoms with E-state index in [9.17, 15) is 4.79 Å². The molecule has 2 saturated heterocycles. The van der Waals surface area contributed by atoms with E-state index in [0.29, 0.717) is 24.5 Å². The molecule has 0 aromatic rings. The Hall–Kier alpha value is -0.610. The number of hydrogen-bond acceptors (Lipinski definition) is 3. The van der Waals surface area contributed by atoms with Crippen molar-refractivity contribution in [2.24, 2.45) is 17.8 Å². The van der Waals surface area contributed by atoms with Crippen LogP contribution >= 0.6 is 0 Å². The fraction of sp³-hybridized carbons (Fsp3) is 0.941. The lowest BCUT2D eigenvalue weighted by molar-refractivity contribution is -0.123. The first-order valence-corrected chi connectivity index (χ1v) is 8.75. The van der Waals surface area contributed by atoms with Crippen LogP contribution in [0.5, 0.6) is 0 Å². The Labute approximate surface area is 130 Å². The Morgan fingerprint density at radius 3 is 2.71 bits per heavy atom. The van der Waals surface area contributed by atoms with Crippen LogP contribution in [0.25, 0.3) is 0 Å². The van der Waals surface area contributed by atoms with Gasteiger partial charge in [0.15, 0.2) is 0 Å². The quantitative estimate of drug-likeness (QED) is 0.753. The predicted molar refractivity (Wildman–Crippen MR) is 87.2 cm³/mol. The van der Waals surface area contributed by atoms with Crippen LogP contribution in [0.15, 0.2) is 0 Å². The monoisotopic (exact) mass is 295 g/mol. The number of likely N-dealkylation sites (tertiary alicyclic amines) is 1. The third-order valence-corrected chi connectivity index (χ3v) is 5.17. The van der Waals surface area contributed by atoms with Gasteiger partial charge < -0.3 is 10.6 Å². The van der Waals surface area contributed by atoms with Crippen molar-refractivity contribution >= 4 is 5.91 Å². The number of rotatable bonds is 7. The number of nitrogens with one attached hydrogen (secondary N) is 2. The van der Waals surface area contributed by atoms with Crippen molar-refractivity contribution in [2.45, 2.75) is 59.0 Å². The maximum atomic E-state index is 12.3. The minimum absolute atomic E-state index is 0.206. The molecular weight excluding hydrogens is 262 g/mol. The highest BCUT2D eigenvalue weighted by atomic mass is 16.2. The fourth-order valence-electron chi connectivity index (χ4n) is 4.01. The van der Waals surface area contributed by atoms with Crippen LogP contribution in [0.2, 0.25) is 0 Å². The molecule has 21 heavy (non-hydrogen) atoms. The molecule has 4 unspecified atom stereocenters. The molecule has 2 rings (SSSR count). The normalized spacial score (nSPS) is 30.6. The first-order valence-electron chi connectivity index (χ1n) is 8.75. The van der Waals surface area contributed by atoms with Gasteiger partial charge in [-0.25, -0.2) is 0 Å². The topological polar surface area (TPSA) is 44.4 Å². The van der Waals surface area contributed by atoms with Crippen LogP contribution in [0.4, 0.5) is 0 Å². The maximum absolute atomic E-state index is 12.3. The van der Waals surface area contributed by atoms with Crippen molar-refractivity contribution in [3.05, 3.63) is 0 Å². The molecule has 0 radical (unpaired) electrons. The van der Waals surface area contributed by atoms with Crippen LogP contribution < -0.4 is 10.6 Å². The molecule has 2 aliphatic heterocycles. The first kappa shape index (κ1) is 16.8. The second kappa shape index (κ2) is 7.59. The molecule has 0 spiro atoms. The molecule has 0 bridgehead atoms. The SMILES string of the molecule is CCC1C2CNCC2CN1CC(=O)NC(C)CCC(C)C. The largest absolute Gasteiger partial charge is 0.353 e. The van der Waals surface area contributed by atoms with Gasteiger partial charge in [0, 0.05) is 18.6 Å². The number of nitrogens with zero attached hydrogens (tertiary/aromatic N) is 1. The van der Waals surface area contributed by atoms with Crippen molar-refractivity contribution in [2.75, 3.05) is 26.2 Å². The number of carbonyl (C=O) groups is 1. The Morgan fingerprint density at radius 1 is 1.29 bits per heavy atom. The van der Waals surface area contributed by atoms with E-state index in [0.717, 1.165) is 44.3 Å². The summed E-state index contributed by atoms with van der Waals surface area (Å²) in [5.41, 5.74) is 0. The van der Waals surface area contributed by atoms with Gasteiger partial charge in [0.25, 0.3) is 0 Å².